The van der Waals surface area contributed by atoms with Gasteiger partial charge in [-0.05, 0) is 37.2 Å². The highest BCUT2D eigenvalue weighted by atomic mass is 16.1. The molecule has 0 saturated heterocycles. The van der Waals surface area contributed by atoms with Crippen LogP contribution in [0.5, 0.6) is 0 Å². The zero-order valence-electron chi connectivity index (χ0n) is 13.1. The molecule has 0 aliphatic carbocycles. The van der Waals surface area contributed by atoms with Crippen molar-refractivity contribution in [2.45, 2.75) is 26.2 Å². The minimum Gasteiger partial charge on any atom is -0.341 e. The molecule has 0 fully saturated rings. The van der Waals surface area contributed by atoms with Crippen LogP contribution in [0, 0.1) is 11.8 Å². The molecule has 108 valence electrons. The van der Waals surface area contributed by atoms with Crippen molar-refractivity contribution in [3.8, 4) is 11.8 Å². The van der Waals surface area contributed by atoms with E-state index in [9.17, 15) is 4.79 Å². The third kappa shape index (κ3) is 5.46. The van der Waals surface area contributed by atoms with Gasteiger partial charge >= 0.3 is 0 Å². The summed E-state index contributed by atoms with van der Waals surface area (Å²) >= 11 is 0. The summed E-state index contributed by atoms with van der Waals surface area (Å²) in [5.74, 6) is 5.83. The van der Waals surface area contributed by atoms with Gasteiger partial charge in [0.05, 0.1) is 13.1 Å². The van der Waals surface area contributed by atoms with Crippen molar-refractivity contribution in [3.63, 3.8) is 0 Å². The molecule has 1 rings (SSSR count). The van der Waals surface area contributed by atoms with Crippen LogP contribution in [0.4, 0.5) is 0 Å². The number of nitrogens with one attached hydrogen (secondary N) is 1. The highest BCUT2D eigenvalue weighted by Crippen LogP contribution is 2.22. The summed E-state index contributed by atoms with van der Waals surface area (Å²) in [5.41, 5.74) is 2.00. The number of hydrogen-bond donors (Lipinski definition) is 1. The quantitative estimate of drug-likeness (QED) is 0.856. The molecular weight excluding hydrogens is 248 g/mol. The number of nitrogens with zero attached hydrogens (tertiary/aromatic N) is 1. The first-order valence-corrected chi connectivity index (χ1v) is 6.80. The minimum atomic E-state index is -0.0791. The predicted octanol–water partition coefficient (Wildman–Crippen LogP) is 2.28. The molecule has 0 bridgehead atoms. The fourth-order valence-electron chi connectivity index (χ4n) is 1.62. The number of rotatable bonds is 3. The van der Waals surface area contributed by atoms with Crippen LogP contribution in [0.2, 0.25) is 0 Å². The van der Waals surface area contributed by atoms with Gasteiger partial charge in [0.2, 0.25) is 0 Å². The van der Waals surface area contributed by atoms with Crippen molar-refractivity contribution >= 4 is 5.91 Å². The molecule has 1 aromatic rings. The maximum Gasteiger partial charge on any atom is 0.252 e. The fourth-order valence-corrected chi connectivity index (χ4v) is 1.62. The molecule has 0 aliphatic rings. The number of amides is 1. The molecule has 0 atom stereocenters. The summed E-state index contributed by atoms with van der Waals surface area (Å²) in [6.45, 7) is 7.55. The molecule has 3 heteroatoms. The van der Waals surface area contributed by atoms with E-state index in [0.29, 0.717) is 18.7 Å². The number of carbonyl (C=O) groups is 1. The first-order chi connectivity index (χ1) is 9.30. The average molecular weight is 272 g/mol. The lowest BCUT2D eigenvalue weighted by molar-refractivity contribution is 0.0958. The van der Waals surface area contributed by atoms with Gasteiger partial charge in [-0.1, -0.05) is 44.7 Å². The summed E-state index contributed by atoms with van der Waals surface area (Å²) in [5, 5.41) is 2.80. The Kier molecular flexibility index (Phi) is 5.79. The van der Waals surface area contributed by atoms with Crippen LogP contribution in [-0.4, -0.2) is 38.0 Å². The molecule has 0 radical (unpaired) electrons. The van der Waals surface area contributed by atoms with Crippen molar-refractivity contribution in [3.05, 3.63) is 35.4 Å². The van der Waals surface area contributed by atoms with E-state index < -0.39 is 0 Å². The predicted molar refractivity (Wildman–Crippen MR) is 83.8 cm³/mol. The Morgan fingerprint density at radius 1 is 1.15 bits per heavy atom. The normalized spacial score (nSPS) is 10.9. The zero-order valence-corrected chi connectivity index (χ0v) is 13.1. The molecule has 0 unspecified atom stereocenters. The Hall–Kier alpha value is -1.79. The molecule has 1 amide bonds. The van der Waals surface area contributed by atoms with E-state index >= 15 is 0 Å². The minimum absolute atomic E-state index is 0.0791. The molecule has 0 saturated carbocycles. The summed E-state index contributed by atoms with van der Waals surface area (Å²) in [4.78, 5) is 13.9. The van der Waals surface area contributed by atoms with Crippen LogP contribution in [0.25, 0.3) is 0 Å². The first kappa shape index (κ1) is 16.3. The zero-order chi connectivity index (χ0) is 15.2. The van der Waals surface area contributed by atoms with Gasteiger partial charge in [0.1, 0.15) is 0 Å². The molecule has 0 spiro atoms. The van der Waals surface area contributed by atoms with Crippen LogP contribution in [0.1, 0.15) is 36.7 Å². The van der Waals surface area contributed by atoms with E-state index in [-0.39, 0.29) is 11.3 Å². The largest absolute Gasteiger partial charge is 0.341 e. The third-order valence-electron chi connectivity index (χ3n) is 2.87. The lowest BCUT2D eigenvalue weighted by Gasteiger charge is -2.18. The topological polar surface area (TPSA) is 32.3 Å². The molecule has 0 heterocycles. The Morgan fingerprint density at radius 2 is 1.75 bits per heavy atom. The fraction of sp³-hybridized carbons (Fsp3) is 0.471. The number of carbonyl (C=O) groups excluding carboxylic acids is 1. The van der Waals surface area contributed by atoms with Gasteiger partial charge in [-0.25, -0.2) is 0 Å². The molecule has 0 aromatic heterocycles. The maximum absolute atomic E-state index is 11.9. The van der Waals surface area contributed by atoms with Crippen molar-refractivity contribution in [2.24, 2.45) is 0 Å². The van der Waals surface area contributed by atoms with Gasteiger partial charge in [0.15, 0.2) is 0 Å². The van der Waals surface area contributed by atoms with Crippen molar-refractivity contribution in [1.82, 2.24) is 10.2 Å². The van der Waals surface area contributed by atoms with Crippen molar-refractivity contribution in [1.29, 1.82) is 0 Å². The van der Waals surface area contributed by atoms with Crippen LogP contribution in [0.15, 0.2) is 24.3 Å². The molecule has 20 heavy (non-hydrogen) atoms. The van der Waals surface area contributed by atoms with Gasteiger partial charge in [0, 0.05) is 5.56 Å². The molecule has 3 nitrogen and oxygen atoms in total. The second-order valence-electron chi connectivity index (χ2n) is 6.10. The molecule has 0 aliphatic heterocycles. The van der Waals surface area contributed by atoms with Gasteiger partial charge < -0.3 is 5.32 Å². The van der Waals surface area contributed by atoms with E-state index in [0.717, 1.165) is 0 Å². The van der Waals surface area contributed by atoms with E-state index in [1.54, 1.807) is 0 Å². The average Bonchev–Trinajstić information content (AvgIpc) is 2.37. The van der Waals surface area contributed by atoms with E-state index in [4.69, 9.17) is 0 Å². The van der Waals surface area contributed by atoms with E-state index in [1.165, 1.54) is 5.56 Å². The Bertz CT molecular complexity index is 499. The van der Waals surface area contributed by atoms with Crippen LogP contribution >= 0.6 is 0 Å². The monoisotopic (exact) mass is 272 g/mol. The summed E-state index contributed by atoms with van der Waals surface area (Å²) < 4.78 is 0. The lowest BCUT2D eigenvalue weighted by Crippen LogP contribution is -2.24. The number of hydrogen-bond acceptors (Lipinski definition) is 2. The summed E-state index contributed by atoms with van der Waals surface area (Å²) in [6, 6.07) is 7.74. The molecule has 1 aromatic carbocycles. The van der Waals surface area contributed by atoms with Crippen molar-refractivity contribution in [2.75, 3.05) is 27.2 Å². The maximum atomic E-state index is 11.9. The number of benzene rings is 1. The van der Waals surface area contributed by atoms with Crippen LogP contribution < -0.4 is 5.32 Å². The van der Waals surface area contributed by atoms with Gasteiger partial charge in [0.25, 0.3) is 5.91 Å². The van der Waals surface area contributed by atoms with Crippen molar-refractivity contribution < 1.29 is 4.79 Å². The third-order valence-corrected chi connectivity index (χ3v) is 2.87. The Balaban J connectivity index is 2.54. The Morgan fingerprint density at radius 3 is 2.25 bits per heavy atom. The second kappa shape index (κ2) is 7.12. The smallest absolute Gasteiger partial charge is 0.252 e. The SMILES string of the molecule is CN(C)CC#CCNC(=O)c1ccc(C(C)(C)C)cc1. The second-order valence-corrected chi connectivity index (χ2v) is 6.10. The van der Waals surface area contributed by atoms with Gasteiger partial charge in [-0.3, -0.25) is 9.69 Å². The van der Waals surface area contributed by atoms with Crippen LogP contribution in [0.3, 0.4) is 0 Å². The summed E-state index contributed by atoms with van der Waals surface area (Å²) in [6.07, 6.45) is 0. The highest BCUT2D eigenvalue weighted by molar-refractivity contribution is 5.94. The summed E-state index contributed by atoms with van der Waals surface area (Å²) in [7, 11) is 3.92. The molecule has 1 N–H and O–H groups in total. The first-order valence-electron chi connectivity index (χ1n) is 6.80. The van der Waals surface area contributed by atoms with E-state index in [2.05, 4.69) is 37.9 Å². The molecular formula is C17H24N2O. The lowest BCUT2D eigenvalue weighted by atomic mass is 9.87. The van der Waals surface area contributed by atoms with Gasteiger partial charge in [-0.2, -0.15) is 0 Å². The van der Waals surface area contributed by atoms with E-state index in [1.807, 2.05) is 43.3 Å². The standard InChI is InChI=1S/C17H24N2O/c1-17(2,3)15-10-8-14(9-11-15)16(20)18-12-6-7-13-19(4)5/h8-11H,12-13H2,1-5H3,(H,18,20). The Labute approximate surface area is 122 Å². The van der Waals surface area contributed by atoms with Gasteiger partial charge in [-0.15, -0.1) is 0 Å². The van der Waals surface area contributed by atoms with Crippen LogP contribution in [-0.2, 0) is 5.41 Å². The highest BCUT2D eigenvalue weighted by Gasteiger charge is 2.13.